The fourth-order valence-electron chi connectivity index (χ4n) is 3.42. The Labute approximate surface area is 205 Å². The second-order valence-corrected chi connectivity index (χ2v) is 9.23. The molecule has 0 saturated carbocycles. The van der Waals surface area contributed by atoms with Gasteiger partial charge in [0.1, 0.15) is 12.4 Å². The number of anilines is 1. The molecule has 2 aromatic carbocycles. The van der Waals surface area contributed by atoms with Gasteiger partial charge in [-0.05, 0) is 43.3 Å². The van der Waals surface area contributed by atoms with E-state index in [1.165, 1.54) is 18.0 Å². The summed E-state index contributed by atoms with van der Waals surface area (Å²) in [5.41, 5.74) is 0.861. The van der Waals surface area contributed by atoms with Gasteiger partial charge in [0.25, 0.3) is 0 Å². The van der Waals surface area contributed by atoms with E-state index < -0.39 is 11.4 Å². The highest BCUT2D eigenvalue weighted by Crippen LogP contribution is 2.37. The molecule has 0 spiro atoms. The van der Waals surface area contributed by atoms with Gasteiger partial charge in [0.2, 0.25) is 5.91 Å². The third-order valence-corrected chi connectivity index (χ3v) is 6.37. The van der Waals surface area contributed by atoms with Crippen LogP contribution in [0.15, 0.2) is 78.1 Å². The fourth-order valence-corrected chi connectivity index (χ4v) is 4.41. The molecule has 0 aliphatic carbocycles. The van der Waals surface area contributed by atoms with Crippen molar-refractivity contribution >= 4 is 35.1 Å². The predicted molar refractivity (Wildman–Crippen MR) is 130 cm³/mol. The average molecular weight is 494 g/mol. The zero-order valence-corrected chi connectivity index (χ0v) is 19.7. The highest BCUT2D eigenvalue weighted by molar-refractivity contribution is 8.00. The molecule has 4 aromatic rings. The Morgan fingerprint density at radius 1 is 1.09 bits per heavy atom. The molecule has 172 valence electrons. The van der Waals surface area contributed by atoms with Crippen molar-refractivity contribution in [1.29, 1.82) is 0 Å². The molecule has 2 atom stereocenters. The first-order valence-electron chi connectivity index (χ1n) is 10.6. The normalized spacial score (nSPS) is 15.5. The first-order valence-corrected chi connectivity index (χ1v) is 11.8. The van der Waals surface area contributed by atoms with Crippen LogP contribution >= 0.6 is 23.4 Å². The molecule has 1 aliphatic heterocycles. The maximum Gasteiger partial charge on any atom is 0.238 e. The molecular weight excluding hydrogens is 474 g/mol. The number of rotatable bonds is 6. The van der Waals surface area contributed by atoms with Crippen LogP contribution in [0.5, 0.6) is 11.5 Å². The molecule has 0 bridgehead atoms. The molecule has 0 radical (unpaired) electrons. The van der Waals surface area contributed by atoms with Crippen LogP contribution in [0.2, 0.25) is 5.02 Å². The van der Waals surface area contributed by atoms with Crippen molar-refractivity contribution in [3.63, 3.8) is 0 Å². The van der Waals surface area contributed by atoms with Crippen LogP contribution in [0.3, 0.4) is 0 Å². The van der Waals surface area contributed by atoms with E-state index in [-0.39, 0.29) is 5.91 Å². The number of hydrogen-bond acceptors (Lipinski definition) is 7. The van der Waals surface area contributed by atoms with Crippen molar-refractivity contribution in [1.82, 2.24) is 19.7 Å². The molecule has 5 rings (SSSR count). The summed E-state index contributed by atoms with van der Waals surface area (Å²) in [7, 11) is 0. The maximum absolute atomic E-state index is 12.8. The zero-order valence-electron chi connectivity index (χ0n) is 18.1. The summed E-state index contributed by atoms with van der Waals surface area (Å²) >= 11 is 7.16. The summed E-state index contributed by atoms with van der Waals surface area (Å²) in [6.07, 6.45) is 1.02. The number of fused-ring (bicyclic) bond motifs is 1. The van der Waals surface area contributed by atoms with Gasteiger partial charge in [-0.15, -0.1) is 10.2 Å². The lowest BCUT2D eigenvalue weighted by Gasteiger charge is -2.26. The van der Waals surface area contributed by atoms with Crippen molar-refractivity contribution in [2.75, 3.05) is 11.9 Å². The van der Waals surface area contributed by atoms with E-state index in [2.05, 4.69) is 20.5 Å². The molecule has 1 N–H and O–H groups in total. The quantitative estimate of drug-likeness (QED) is 0.380. The van der Waals surface area contributed by atoms with Gasteiger partial charge in [0.15, 0.2) is 28.6 Å². The minimum atomic E-state index is -0.471. The molecule has 0 saturated heterocycles. The molecular formula is C24H20ClN5O3S. The average Bonchev–Trinajstić information content (AvgIpc) is 3.29. The van der Waals surface area contributed by atoms with E-state index in [4.69, 9.17) is 21.1 Å². The summed E-state index contributed by atoms with van der Waals surface area (Å²) in [5.74, 6) is 2.16. The van der Waals surface area contributed by atoms with Gasteiger partial charge in [0, 0.05) is 11.9 Å². The lowest BCUT2D eigenvalue weighted by atomic mass is 10.2. The minimum Gasteiger partial charge on any atom is -0.485 e. The Morgan fingerprint density at radius 2 is 1.85 bits per heavy atom. The van der Waals surface area contributed by atoms with Gasteiger partial charge in [-0.2, -0.15) is 0 Å². The molecule has 2 aromatic heterocycles. The Kier molecular flexibility index (Phi) is 6.37. The predicted octanol–water partition coefficient (Wildman–Crippen LogP) is 4.95. The number of carbonyl (C=O) groups is 1. The SMILES string of the molecule is CC(Sc1nnc(C2COc3ccccc3O2)n1-c1ccccc1)C(=O)Nc1ccc(Cl)cn1. The highest BCUT2D eigenvalue weighted by atomic mass is 35.5. The third kappa shape index (κ3) is 4.71. The summed E-state index contributed by atoms with van der Waals surface area (Å²) in [4.78, 5) is 16.9. The topological polar surface area (TPSA) is 91.2 Å². The molecule has 34 heavy (non-hydrogen) atoms. The number of hydrogen-bond donors (Lipinski definition) is 1. The smallest absolute Gasteiger partial charge is 0.238 e. The number of aromatic nitrogens is 4. The Morgan fingerprint density at radius 3 is 2.62 bits per heavy atom. The minimum absolute atomic E-state index is 0.213. The van der Waals surface area contributed by atoms with Crippen LogP contribution in [0.25, 0.3) is 5.69 Å². The van der Waals surface area contributed by atoms with E-state index in [0.717, 1.165) is 5.69 Å². The molecule has 2 unspecified atom stereocenters. The van der Waals surface area contributed by atoms with Gasteiger partial charge in [-0.25, -0.2) is 4.98 Å². The number of benzene rings is 2. The Hall–Kier alpha value is -3.56. The maximum atomic E-state index is 12.8. The number of amides is 1. The van der Waals surface area contributed by atoms with E-state index in [1.54, 1.807) is 19.1 Å². The first-order chi connectivity index (χ1) is 16.6. The van der Waals surface area contributed by atoms with Gasteiger partial charge in [0.05, 0.1) is 10.3 Å². The standard InChI is InChI=1S/C24H20ClN5O3S/c1-15(23(31)27-21-12-11-16(25)13-26-21)34-24-29-28-22(30(24)17-7-3-2-4-8-17)20-14-32-18-9-5-6-10-19(18)33-20/h2-13,15,20H,14H2,1H3,(H,26,27,31). The van der Waals surface area contributed by atoms with E-state index >= 15 is 0 Å². The number of ether oxygens (including phenoxy) is 2. The van der Waals surface area contributed by atoms with E-state index in [0.29, 0.717) is 39.9 Å². The van der Waals surface area contributed by atoms with Crippen molar-refractivity contribution in [2.45, 2.75) is 23.4 Å². The second-order valence-electron chi connectivity index (χ2n) is 7.49. The van der Waals surface area contributed by atoms with Crippen molar-refractivity contribution in [2.24, 2.45) is 0 Å². The lowest BCUT2D eigenvalue weighted by molar-refractivity contribution is -0.115. The molecule has 3 heterocycles. The van der Waals surface area contributed by atoms with Gasteiger partial charge in [-0.3, -0.25) is 9.36 Å². The number of halogens is 1. The number of pyridine rings is 1. The van der Waals surface area contributed by atoms with Crippen molar-refractivity contribution < 1.29 is 14.3 Å². The first kappa shape index (κ1) is 22.2. The number of nitrogens with zero attached hydrogens (tertiary/aromatic N) is 4. The molecule has 10 heteroatoms. The molecule has 1 aliphatic rings. The molecule has 0 fully saturated rings. The number of para-hydroxylation sites is 3. The second kappa shape index (κ2) is 9.74. The van der Waals surface area contributed by atoms with Crippen LogP contribution in [-0.2, 0) is 4.79 Å². The monoisotopic (exact) mass is 493 g/mol. The van der Waals surface area contributed by atoms with Crippen molar-refractivity contribution in [3.8, 4) is 17.2 Å². The Balaban J connectivity index is 1.41. The van der Waals surface area contributed by atoms with Gasteiger partial charge in [-0.1, -0.05) is 53.7 Å². The number of nitrogens with one attached hydrogen (secondary N) is 1. The lowest BCUT2D eigenvalue weighted by Crippen LogP contribution is -2.25. The zero-order chi connectivity index (χ0) is 23.5. The summed E-state index contributed by atoms with van der Waals surface area (Å²) in [6, 6.07) is 20.6. The van der Waals surface area contributed by atoms with Crippen LogP contribution in [0.1, 0.15) is 18.9 Å². The largest absolute Gasteiger partial charge is 0.485 e. The van der Waals surface area contributed by atoms with Crippen LogP contribution < -0.4 is 14.8 Å². The number of thioether (sulfide) groups is 1. The van der Waals surface area contributed by atoms with Gasteiger partial charge >= 0.3 is 0 Å². The molecule has 8 nitrogen and oxygen atoms in total. The molecule has 1 amide bonds. The van der Waals surface area contributed by atoms with E-state index in [9.17, 15) is 4.79 Å². The summed E-state index contributed by atoms with van der Waals surface area (Å²) in [5, 5.41) is 12.2. The fraction of sp³-hybridized carbons (Fsp3) is 0.167. The van der Waals surface area contributed by atoms with E-state index in [1.807, 2.05) is 59.2 Å². The van der Waals surface area contributed by atoms with Crippen LogP contribution in [0, 0.1) is 0 Å². The van der Waals surface area contributed by atoms with Crippen molar-refractivity contribution in [3.05, 3.63) is 83.8 Å². The summed E-state index contributed by atoms with van der Waals surface area (Å²) < 4.78 is 14.0. The van der Waals surface area contributed by atoms with Crippen LogP contribution in [-0.4, -0.2) is 37.5 Å². The number of carbonyl (C=O) groups excluding carboxylic acids is 1. The summed E-state index contributed by atoms with van der Waals surface area (Å²) in [6.45, 7) is 2.10. The Bertz CT molecular complexity index is 1300. The van der Waals surface area contributed by atoms with Gasteiger partial charge < -0.3 is 14.8 Å². The highest BCUT2D eigenvalue weighted by Gasteiger charge is 2.30. The van der Waals surface area contributed by atoms with Crippen LogP contribution in [0.4, 0.5) is 5.82 Å². The third-order valence-electron chi connectivity index (χ3n) is 5.10.